The van der Waals surface area contributed by atoms with Crippen molar-refractivity contribution in [2.75, 3.05) is 14.2 Å². The zero-order valence-electron chi connectivity index (χ0n) is 14.8. The molecule has 0 radical (unpaired) electrons. The van der Waals surface area contributed by atoms with E-state index in [1.807, 2.05) is 42.2 Å². The molecule has 1 amide bonds. The highest BCUT2D eigenvalue weighted by atomic mass is 16.5. The molecule has 0 bridgehead atoms. The average Bonchev–Trinajstić information content (AvgIpc) is 3.30. The molecule has 0 aliphatic heterocycles. The Morgan fingerprint density at radius 3 is 2.60 bits per heavy atom. The minimum absolute atomic E-state index is 0.0128. The standard InChI is InChI=1S/C20H23NO4/c1-14(17-5-4-12-25-17)21(16-8-9-16)20(22)11-7-15-6-10-18(23-2)19(13-15)24-3/h4-7,10-14,16H,8-9H2,1-3H3. The van der Waals surface area contributed by atoms with Gasteiger partial charge in [0.15, 0.2) is 11.5 Å². The van der Waals surface area contributed by atoms with E-state index in [9.17, 15) is 4.79 Å². The molecule has 2 aromatic rings. The van der Waals surface area contributed by atoms with Crippen molar-refractivity contribution in [1.82, 2.24) is 4.90 Å². The van der Waals surface area contributed by atoms with Crippen molar-refractivity contribution in [2.45, 2.75) is 31.8 Å². The molecule has 5 nitrogen and oxygen atoms in total. The van der Waals surface area contributed by atoms with Crippen LogP contribution < -0.4 is 9.47 Å². The van der Waals surface area contributed by atoms with Gasteiger partial charge < -0.3 is 18.8 Å². The lowest BCUT2D eigenvalue weighted by atomic mass is 10.1. The van der Waals surface area contributed by atoms with Gasteiger partial charge in [0.1, 0.15) is 5.76 Å². The van der Waals surface area contributed by atoms with Crippen LogP contribution >= 0.6 is 0 Å². The molecule has 1 heterocycles. The van der Waals surface area contributed by atoms with E-state index in [2.05, 4.69) is 0 Å². The van der Waals surface area contributed by atoms with Crippen LogP contribution in [0.15, 0.2) is 47.1 Å². The first-order valence-electron chi connectivity index (χ1n) is 8.40. The van der Waals surface area contributed by atoms with E-state index in [-0.39, 0.29) is 11.9 Å². The number of hydrogen-bond donors (Lipinski definition) is 0. The average molecular weight is 341 g/mol. The summed E-state index contributed by atoms with van der Waals surface area (Å²) < 4.78 is 16.0. The van der Waals surface area contributed by atoms with Crippen molar-refractivity contribution >= 4 is 12.0 Å². The Kier molecular flexibility index (Phi) is 5.12. The van der Waals surface area contributed by atoms with Gasteiger partial charge in [0.25, 0.3) is 0 Å². The fraction of sp³-hybridized carbons (Fsp3) is 0.350. The van der Waals surface area contributed by atoms with Gasteiger partial charge in [-0.3, -0.25) is 4.79 Å². The van der Waals surface area contributed by atoms with E-state index in [4.69, 9.17) is 13.9 Å². The van der Waals surface area contributed by atoms with Crippen LogP contribution in [0.5, 0.6) is 11.5 Å². The van der Waals surface area contributed by atoms with Gasteiger partial charge in [-0.05, 0) is 55.7 Å². The Morgan fingerprint density at radius 1 is 1.24 bits per heavy atom. The van der Waals surface area contributed by atoms with Gasteiger partial charge in [-0.25, -0.2) is 0 Å². The highest BCUT2D eigenvalue weighted by molar-refractivity contribution is 5.92. The van der Waals surface area contributed by atoms with Gasteiger partial charge in [0.05, 0.1) is 26.5 Å². The molecule has 3 rings (SSSR count). The molecule has 1 unspecified atom stereocenters. The van der Waals surface area contributed by atoms with Crippen molar-refractivity contribution in [1.29, 1.82) is 0 Å². The number of benzene rings is 1. The summed E-state index contributed by atoms with van der Waals surface area (Å²) in [5.74, 6) is 2.10. The number of nitrogens with zero attached hydrogens (tertiary/aromatic N) is 1. The third-order valence-electron chi connectivity index (χ3n) is 4.39. The van der Waals surface area contributed by atoms with Crippen LogP contribution in [0, 0.1) is 0 Å². The molecule has 132 valence electrons. The first-order valence-corrected chi connectivity index (χ1v) is 8.40. The predicted octanol–water partition coefficient (Wildman–Crippen LogP) is 4.06. The van der Waals surface area contributed by atoms with Gasteiger partial charge in [-0.15, -0.1) is 0 Å². The largest absolute Gasteiger partial charge is 0.493 e. The molecule has 1 aliphatic rings. The molecule has 5 heteroatoms. The molecule has 1 aliphatic carbocycles. The molecule has 1 aromatic heterocycles. The summed E-state index contributed by atoms with van der Waals surface area (Å²) in [5.41, 5.74) is 0.882. The van der Waals surface area contributed by atoms with Crippen LogP contribution in [0.1, 0.15) is 37.1 Å². The second kappa shape index (κ2) is 7.47. The van der Waals surface area contributed by atoms with Gasteiger partial charge in [0.2, 0.25) is 5.91 Å². The van der Waals surface area contributed by atoms with E-state index in [1.54, 1.807) is 32.6 Å². The predicted molar refractivity (Wildman–Crippen MR) is 95.6 cm³/mol. The number of hydrogen-bond acceptors (Lipinski definition) is 4. The van der Waals surface area contributed by atoms with E-state index >= 15 is 0 Å². The van der Waals surface area contributed by atoms with E-state index in [0.717, 1.165) is 24.2 Å². The number of carbonyl (C=O) groups excluding carboxylic acids is 1. The second-order valence-corrected chi connectivity index (χ2v) is 6.12. The normalized spacial score (nSPS) is 15.2. The van der Waals surface area contributed by atoms with Crippen LogP contribution in [0.4, 0.5) is 0 Å². The molecule has 1 fully saturated rings. The number of rotatable bonds is 7. The second-order valence-electron chi connectivity index (χ2n) is 6.12. The van der Waals surface area contributed by atoms with E-state index in [1.165, 1.54) is 0 Å². The Bertz CT molecular complexity index is 747. The molecule has 0 saturated heterocycles. The lowest BCUT2D eigenvalue weighted by Gasteiger charge is -2.26. The summed E-state index contributed by atoms with van der Waals surface area (Å²) >= 11 is 0. The van der Waals surface area contributed by atoms with Crippen molar-refractivity contribution in [3.63, 3.8) is 0 Å². The fourth-order valence-electron chi connectivity index (χ4n) is 2.92. The van der Waals surface area contributed by atoms with Crippen LogP contribution in [0.25, 0.3) is 6.08 Å². The molecule has 1 atom stereocenters. The third-order valence-corrected chi connectivity index (χ3v) is 4.39. The number of carbonyl (C=O) groups is 1. The minimum Gasteiger partial charge on any atom is -0.493 e. The number of furan rings is 1. The summed E-state index contributed by atoms with van der Waals surface area (Å²) in [6.07, 6.45) is 7.14. The lowest BCUT2D eigenvalue weighted by Crippen LogP contribution is -2.34. The lowest BCUT2D eigenvalue weighted by molar-refractivity contribution is -0.129. The summed E-state index contributed by atoms with van der Waals surface area (Å²) in [7, 11) is 3.19. The Hall–Kier alpha value is -2.69. The molecule has 1 saturated carbocycles. The molecular formula is C20H23NO4. The Balaban J connectivity index is 1.76. The maximum absolute atomic E-state index is 12.8. The number of amides is 1. The van der Waals surface area contributed by atoms with Crippen molar-refractivity contribution in [2.24, 2.45) is 0 Å². The Morgan fingerprint density at radius 2 is 2.00 bits per heavy atom. The molecule has 0 spiro atoms. The van der Waals surface area contributed by atoms with Crippen molar-refractivity contribution < 1.29 is 18.7 Å². The van der Waals surface area contributed by atoms with Crippen molar-refractivity contribution in [3.8, 4) is 11.5 Å². The highest BCUT2D eigenvalue weighted by Crippen LogP contribution is 2.35. The van der Waals surface area contributed by atoms with Crippen molar-refractivity contribution in [3.05, 3.63) is 54.0 Å². The van der Waals surface area contributed by atoms with Crippen LogP contribution in [-0.4, -0.2) is 31.1 Å². The summed E-state index contributed by atoms with van der Waals surface area (Å²) in [6, 6.07) is 9.54. The van der Waals surface area contributed by atoms with Gasteiger partial charge >= 0.3 is 0 Å². The summed E-state index contributed by atoms with van der Waals surface area (Å²) in [6.45, 7) is 2.00. The summed E-state index contributed by atoms with van der Waals surface area (Å²) in [5, 5.41) is 0. The van der Waals surface area contributed by atoms with E-state index in [0.29, 0.717) is 17.5 Å². The van der Waals surface area contributed by atoms with Crippen LogP contribution in [0.2, 0.25) is 0 Å². The molecular weight excluding hydrogens is 318 g/mol. The zero-order chi connectivity index (χ0) is 17.8. The highest BCUT2D eigenvalue weighted by Gasteiger charge is 2.36. The van der Waals surface area contributed by atoms with Gasteiger partial charge in [-0.2, -0.15) is 0 Å². The maximum atomic E-state index is 12.8. The zero-order valence-corrected chi connectivity index (χ0v) is 14.8. The third kappa shape index (κ3) is 3.87. The van der Waals surface area contributed by atoms with E-state index < -0.39 is 0 Å². The Labute approximate surface area is 147 Å². The SMILES string of the molecule is COc1ccc(C=CC(=O)N(C2CC2)C(C)c2ccco2)cc1OC. The molecule has 1 aromatic carbocycles. The smallest absolute Gasteiger partial charge is 0.247 e. The topological polar surface area (TPSA) is 51.9 Å². The van der Waals surface area contributed by atoms with Crippen LogP contribution in [-0.2, 0) is 4.79 Å². The first-order chi connectivity index (χ1) is 12.1. The monoisotopic (exact) mass is 341 g/mol. The molecule has 0 N–H and O–H groups in total. The first kappa shape index (κ1) is 17.1. The maximum Gasteiger partial charge on any atom is 0.247 e. The molecule has 25 heavy (non-hydrogen) atoms. The van der Waals surface area contributed by atoms with Gasteiger partial charge in [0, 0.05) is 12.1 Å². The van der Waals surface area contributed by atoms with Crippen LogP contribution in [0.3, 0.4) is 0 Å². The quantitative estimate of drug-likeness (QED) is 0.713. The number of methoxy groups -OCH3 is 2. The fourth-order valence-corrected chi connectivity index (χ4v) is 2.92. The minimum atomic E-state index is -0.0787. The number of ether oxygens (including phenoxy) is 2. The summed E-state index contributed by atoms with van der Waals surface area (Å²) in [4.78, 5) is 14.7. The van der Waals surface area contributed by atoms with Gasteiger partial charge in [-0.1, -0.05) is 6.07 Å².